The van der Waals surface area contributed by atoms with Crippen molar-refractivity contribution >= 4 is 28.5 Å². The molecule has 1 amide bonds. The lowest BCUT2D eigenvalue weighted by atomic mass is 10.2. The molecule has 0 spiro atoms. The van der Waals surface area contributed by atoms with E-state index in [4.69, 9.17) is 5.73 Å². The quantitative estimate of drug-likeness (QED) is 0.847. The Morgan fingerprint density at radius 1 is 1.57 bits per heavy atom. The topological polar surface area (TPSA) is 56.0 Å². The van der Waals surface area contributed by atoms with Crippen molar-refractivity contribution in [2.45, 2.75) is 6.43 Å². The molecule has 1 heterocycles. The number of halogens is 4. The number of hydrogen-bond acceptors (Lipinski definition) is 2. The highest BCUT2D eigenvalue weighted by molar-refractivity contribution is 14.1. The summed E-state index contributed by atoms with van der Waals surface area (Å²) in [4.78, 5) is 14.0. The van der Waals surface area contributed by atoms with Gasteiger partial charge in [0.2, 0.25) is 0 Å². The normalized spacial score (nSPS) is 10.6. The lowest BCUT2D eigenvalue weighted by Gasteiger charge is -2.05. The van der Waals surface area contributed by atoms with E-state index in [-0.39, 0.29) is 9.26 Å². The molecule has 1 aromatic rings. The molecule has 0 aliphatic heterocycles. The summed E-state index contributed by atoms with van der Waals surface area (Å²) >= 11 is 1.41. The molecule has 2 N–H and O–H groups in total. The molecule has 0 radical (unpaired) electrons. The van der Waals surface area contributed by atoms with Crippen LogP contribution in [-0.4, -0.2) is 10.9 Å². The van der Waals surface area contributed by atoms with E-state index in [1.54, 1.807) is 0 Å². The lowest BCUT2D eigenvalue weighted by Crippen LogP contribution is -2.16. The van der Waals surface area contributed by atoms with Crippen molar-refractivity contribution in [1.29, 1.82) is 0 Å². The average Bonchev–Trinajstić information content (AvgIpc) is 2.08. The fourth-order valence-electron chi connectivity index (χ4n) is 0.802. The van der Waals surface area contributed by atoms with E-state index < -0.39 is 23.7 Å². The van der Waals surface area contributed by atoms with Gasteiger partial charge in [-0.3, -0.25) is 4.79 Å². The van der Waals surface area contributed by atoms with Gasteiger partial charge in [-0.2, -0.15) is 0 Å². The maximum Gasteiger partial charge on any atom is 0.268 e. The van der Waals surface area contributed by atoms with Crippen LogP contribution in [0.25, 0.3) is 0 Å². The Morgan fingerprint density at radius 3 is 2.57 bits per heavy atom. The summed E-state index contributed by atoms with van der Waals surface area (Å²) in [5.74, 6) is -2.10. The Balaban J connectivity index is 3.33. The SMILES string of the molecule is NC(=O)c1ncc(C(F)F)c(F)c1I. The predicted molar refractivity (Wildman–Crippen MR) is 50.4 cm³/mol. The molecule has 0 fully saturated rings. The zero-order valence-corrected chi connectivity index (χ0v) is 8.76. The van der Waals surface area contributed by atoms with Crippen molar-refractivity contribution in [2.75, 3.05) is 0 Å². The minimum atomic E-state index is -2.96. The van der Waals surface area contributed by atoms with E-state index in [2.05, 4.69) is 4.98 Å². The highest BCUT2D eigenvalue weighted by Gasteiger charge is 2.20. The second-order valence-corrected chi connectivity index (χ2v) is 3.43. The predicted octanol–water partition coefficient (Wildman–Crippen LogP) is 1.86. The van der Waals surface area contributed by atoms with E-state index in [9.17, 15) is 18.0 Å². The molecule has 0 saturated heterocycles. The molecule has 0 saturated carbocycles. The second-order valence-electron chi connectivity index (χ2n) is 2.36. The van der Waals surface area contributed by atoms with Crippen molar-refractivity contribution in [2.24, 2.45) is 5.73 Å². The first-order valence-corrected chi connectivity index (χ1v) is 4.45. The Kier molecular flexibility index (Phi) is 3.29. The van der Waals surface area contributed by atoms with E-state index in [1.165, 1.54) is 22.6 Å². The molecule has 76 valence electrons. The summed E-state index contributed by atoms with van der Waals surface area (Å²) in [5, 5.41) is 0. The van der Waals surface area contributed by atoms with Crippen LogP contribution in [0.3, 0.4) is 0 Å². The largest absolute Gasteiger partial charge is 0.364 e. The van der Waals surface area contributed by atoms with E-state index >= 15 is 0 Å². The van der Waals surface area contributed by atoms with Crippen LogP contribution in [0.4, 0.5) is 13.2 Å². The Labute approximate surface area is 90.6 Å². The standard InChI is InChI=1S/C7H4F3IN2O/c8-3-2(6(9)10)1-13-5(4(3)11)7(12)14/h1,6H,(H2,12,14). The van der Waals surface area contributed by atoms with Crippen LogP contribution in [0.1, 0.15) is 22.5 Å². The summed E-state index contributed by atoms with van der Waals surface area (Å²) in [6.07, 6.45) is -2.35. The minimum Gasteiger partial charge on any atom is -0.364 e. The molecule has 0 unspecified atom stereocenters. The molecule has 1 rings (SSSR count). The van der Waals surface area contributed by atoms with Crippen LogP contribution in [0, 0.1) is 9.39 Å². The van der Waals surface area contributed by atoms with E-state index in [1.807, 2.05) is 0 Å². The van der Waals surface area contributed by atoms with Crippen LogP contribution in [0.5, 0.6) is 0 Å². The van der Waals surface area contributed by atoms with Gasteiger partial charge in [0.05, 0.1) is 9.13 Å². The zero-order chi connectivity index (χ0) is 10.9. The fourth-order valence-corrected chi connectivity index (χ4v) is 1.52. The maximum atomic E-state index is 13.1. The van der Waals surface area contributed by atoms with Gasteiger partial charge in [0.1, 0.15) is 11.5 Å². The van der Waals surface area contributed by atoms with Crippen LogP contribution in [-0.2, 0) is 0 Å². The van der Waals surface area contributed by atoms with Gasteiger partial charge in [0.25, 0.3) is 12.3 Å². The number of pyridine rings is 1. The van der Waals surface area contributed by atoms with Crippen molar-refractivity contribution in [1.82, 2.24) is 4.98 Å². The van der Waals surface area contributed by atoms with Crippen molar-refractivity contribution in [3.8, 4) is 0 Å². The summed E-state index contributed by atoms with van der Waals surface area (Å²) in [5.41, 5.74) is 3.68. The Bertz CT molecular complexity index is 383. The minimum absolute atomic E-state index is 0.284. The molecule has 0 aliphatic carbocycles. The Hall–Kier alpha value is -0.860. The van der Waals surface area contributed by atoms with E-state index in [0.29, 0.717) is 6.20 Å². The maximum absolute atomic E-state index is 13.1. The Morgan fingerprint density at radius 2 is 2.14 bits per heavy atom. The number of nitrogens with two attached hydrogens (primary N) is 1. The van der Waals surface area contributed by atoms with Gasteiger partial charge >= 0.3 is 0 Å². The van der Waals surface area contributed by atoms with Crippen LogP contribution in [0.15, 0.2) is 6.20 Å². The number of carbonyl (C=O) groups excluding carboxylic acids is 1. The van der Waals surface area contributed by atoms with Gasteiger partial charge in [-0.15, -0.1) is 0 Å². The first-order valence-electron chi connectivity index (χ1n) is 3.37. The number of alkyl halides is 2. The first kappa shape index (κ1) is 11.2. The van der Waals surface area contributed by atoms with Crippen LogP contribution in [0.2, 0.25) is 0 Å². The molecule has 0 atom stereocenters. The third-order valence-electron chi connectivity index (χ3n) is 1.46. The lowest BCUT2D eigenvalue weighted by molar-refractivity contribution is 0.0992. The number of nitrogens with zero attached hydrogens (tertiary/aromatic N) is 1. The zero-order valence-electron chi connectivity index (χ0n) is 6.60. The summed E-state index contributed by atoms with van der Waals surface area (Å²) in [6.45, 7) is 0. The van der Waals surface area contributed by atoms with Crippen molar-refractivity contribution in [3.05, 3.63) is 26.8 Å². The molecule has 0 aromatic carbocycles. The molecule has 0 aliphatic rings. The molecule has 14 heavy (non-hydrogen) atoms. The van der Waals surface area contributed by atoms with Crippen molar-refractivity contribution in [3.63, 3.8) is 0 Å². The van der Waals surface area contributed by atoms with Crippen LogP contribution < -0.4 is 5.73 Å². The summed E-state index contributed by atoms with van der Waals surface area (Å²) < 4.78 is 37.1. The number of aromatic nitrogens is 1. The third kappa shape index (κ3) is 1.97. The molecule has 7 heteroatoms. The van der Waals surface area contributed by atoms with E-state index in [0.717, 1.165) is 0 Å². The van der Waals surface area contributed by atoms with Gasteiger partial charge in [-0.25, -0.2) is 18.2 Å². The number of rotatable bonds is 2. The molecule has 1 aromatic heterocycles. The van der Waals surface area contributed by atoms with Gasteiger partial charge in [-0.1, -0.05) is 0 Å². The monoisotopic (exact) mass is 316 g/mol. The highest BCUT2D eigenvalue weighted by atomic mass is 127. The molecular formula is C7H4F3IN2O. The number of amides is 1. The smallest absolute Gasteiger partial charge is 0.268 e. The van der Waals surface area contributed by atoms with Crippen molar-refractivity contribution < 1.29 is 18.0 Å². The highest BCUT2D eigenvalue weighted by Crippen LogP contribution is 2.25. The summed E-state index contributed by atoms with van der Waals surface area (Å²) in [6, 6.07) is 0. The van der Waals surface area contributed by atoms with Gasteiger partial charge in [0.15, 0.2) is 0 Å². The number of primary amides is 1. The average molecular weight is 316 g/mol. The van der Waals surface area contributed by atoms with Gasteiger partial charge < -0.3 is 5.73 Å². The first-order chi connectivity index (χ1) is 6.45. The fraction of sp³-hybridized carbons (Fsp3) is 0.143. The molecule has 0 bridgehead atoms. The number of carbonyl (C=O) groups is 1. The second kappa shape index (κ2) is 4.11. The number of hydrogen-bond donors (Lipinski definition) is 1. The molecule has 3 nitrogen and oxygen atoms in total. The van der Waals surface area contributed by atoms with Gasteiger partial charge in [-0.05, 0) is 22.6 Å². The summed E-state index contributed by atoms with van der Waals surface area (Å²) in [7, 11) is 0. The third-order valence-corrected chi connectivity index (χ3v) is 2.44. The molecular weight excluding hydrogens is 312 g/mol. The van der Waals surface area contributed by atoms with Gasteiger partial charge in [0, 0.05) is 6.20 Å². The van der Waals surface area contributed by atoms with Crippen LogP contribution >= 0.6 is 22.6 Å².